The summed E-state index contributed by atoms with van der Waals surface area (Å²) in [5, 5.41) is 2.87. The van der Waals surface area contributed by atoms with Crippen molar-refractivity contribution in [2.24, 2.45) is 5.41 Å². The number of benzene rings is 1. The topological polar surface area (TPSA) is 38.3 Å². The molecule has 0 bridgehead atoms. The molecule has 2 aliphatic carbocycles. The molecular formula is C17H23NO2. The third-order valence-corrected chi connectivity index (χ3v) is 5.07. The maximum absolute atomic E-state index is 12.1. The van der Waals surface area contributed by atoms with Crippen molar-refractivity contribution in [2.75, 3.05) is 5.32 Å². The van der Waals surface area contributed by atoms with Crippen LogP contribution < -0.4 is 5.32 Å². The van der Waals surface area contributed by atoms with Crippen LogP contribution in [0.25, 0.3) is 0 Å². The Morgan fingerprint density at radius 3 is 2.60 bits per heavy atom. The van der Waals surface area contributed by atoms with E-state index >= 15 is 0 Å². The summed E-state index contributed by atoms with van der Waals surface area (Å²) < 4.78 is 5.69. The van der Waals surface area contributed by atoms with Crippen molar-refractivity contribution in [1.29, 1.82) is 0 Å². The van der Waals surface area contributed by atoms with Crippen molar-refractivity contribution in [3.63, 3.8) is 0 Å². The summed E-state index contributed by atoms with van der Waals surface area (Å²) in [7, 11) is 0. The number of carbonyl (C=O) groups is 1. The highest BCUT2D eigenvalue weighted by molar-refractivity contribution is 5.85. The molecule has 108 valence electrons. The number of para-hydroxylation sites is 1. The molecule has 3 rings (SSSR count). The number of anilines is 1. The number of hydrogen-bond donors (Lipinski definition) is 1. The summed E-state index contributed by atoms with van der Waals surface area (Å²) in [6.07, 6.45) is 8.48. The number of aryl methyl sites for hydroxylation is 1. The van der Waals surface area contributed by atoms with E-state index in [0.29, 0.717) is 5.41 Å². The Bertz CT molecular complexity index is 492. The van der Waals surface area contributed by atoms with Crippen molar-refractivity contribution in [3.05, 3.63) is 29.8 Å². The van der Waals surface area contributed by atoms with Gasteiger partial charge in [0.1, 0.15) is 6.10 Å². The van der Waals surface area contributed by atoms with Gasteiger partial charge in [-0.2, -0.15) is 0 Å². The summed E-state index contributed by atoms with van der Waals surface area (Å²) in [5.74, 6) is 0. The minimum absolute atomic E-state index is 0.131. The first-order valence-electron chi connectivity index (χ1n) is 7.73. The Balaban J connectivity index is 1.58. The van der Waals surface area contributed by atoms with Gasteiger partial charge in [0.25, 0.3) is 0 Å². The second-order valence-corrected chi connectivity index (χ2v) is 6.30. The molecule has 3 nitrogen and oxygen atoms in total. The molecule has 0 saturated heterocycles. The van der Waals surface area contributed by atoms with Crippen LogP contribution in [0.15, 0.2) is 24.3 Å². The molecule has 1 amide bonds. The first kappa shape index (κ1) is 13.5. The second-order valence-electron chi connectivity index (χ2n) is 6.30. The molecular weight excluding hydrogens is 250 g/mol. The molecule has 1 spiro atoms. The van der Waals surface area contributed by atoms with E-state index in [1.165, 1.54) is 38.5 Å². The van der Waals surface area contributed by atoms with E-state index in [9.17, 15) is 4.79 Å². The van der Waals surface area contributed by atoms with Crippen LogP contribution in [-0.2, 0) is 4.74 Å². The first-order chi connectivity index (χ1) is 9.70. The highest BCUT2D eigenvalue weighted by Gasteiger charge is 2.49. The third kappa shape index (κ3) is 2.54. The Hall–Kier alpha value is -1.51. The fourth-order valence-corrected chi connectivity index (χ4v) is 3.66. The van der Waals surface area contributed by atoms with Crippen LogP contribution in [0.4, 0.5) is 10.5 Å². The van der Waals surface area contributed by atoms with Crippen LogP contribution in [0.3, 0.4) is 0 Å². The zero-order valence-electron chi connectivity index (χ0n) is 12.2. The van der Waals surface area contributed by atoms with Crippen molar-refractivity contribution in [1.82, 2.24) is 0 Å². The van der Waals surface area contributed by atoms with Gasteiger partial charge in [0, 0.05) is 11.1 Å². The lowest BCUT2D eigenvalue weighted by Gasteiger charge is -2.50. The second kappa shape index (κ2) is 5.47. The van der Waals surface area contributed by atoms with Gasteiger partial charge in [-0.3, -0.25) is 5.32 Å². The quantitative estimate of drug-likeness (QED) is 0.851. The summed E-state index contributed by atoms with van der Waals surface area (Å²) in [5.41, 5.74) is 2.21. The Labute approximate surface area is 120 Å². The van der Waals surface area contributed by atoms with Crippen LogP contribution in [0.2, 0.25) is 0 Å². The van der Waals surface area contributed by atoms with E-state index in [2.05, 4.69) is 5.32 Å². The van der Waals surface area contributed by atoms with Gasteiger partial charge >= 0.3 is 6.09 Å². The lowest BCUT2D eigenvalue weighted by Crippen LogP contribution is -2.49. The molecule has 1 unspecified atom stereocenters. The fraction of sp³-hybridized carbons (Fsp3) is 0.588. The zero-order valence-corrected chi connectivity index (χ0v) is 12.2. The minimum Gasteiger partial charge on any atom is -0.445 e. The highest BCUT2D eigenvalue weighted by Crippen LogP contribution is 2.53. The Kier molecular flexibility index (Phi) is 3.68. The maximum atomic E-state index is 12.1. The van der Waals surface area contributed by atoms with E-state index in [1.807, 2.05) is 31.2 Å². The molecule has 0 heterocycles. The van der Waals surface area contributed by atoms with Gasteiger partial charge in [-0.15, -0.1) is 0 Å². The number of nitrogens with one attached hydrogen (secondary N) is 1. The number of carbonyl (C=O) groups excluding carboxylic acids is 1. The summed E-state index contributed by atoms with van der Waals surface area (Å²) in [4.78, 5) is 12.1. The van der Waals surface area contributed by atoms with E-state index in [4.69, 9.17) is 4.74 Å². The smallest absolute Gasteiger partial charge is 0.411 e. The SMILES string of the molecule is Cc1ccccc1NC(=O)OC1CCC12CCCCC2. The zero-order chi connectivity index (χ0) is 14.0. The molecule has 1 atom stereocenters. The molecule has 2 aliphatic rings. The molecule has 0 aliphatic heterocycles. The third-order valence-electron chi connectivity index (χ3n) is 5.07. The standard InChI is InChI=1S/C17H23NO2/c1-13-7-3-4-8-14(13)18-16(19)20-15-9-12-17(15)10-5-2-6-11-17/h3-4,7-8,15H,2,5-6,9-12H2,1H3,(H,18,19). The van der Waals surface area contributed by atoms with Gasteiger partial charge < -0.3 is 4.74 Å². The summed E-state index contributed by atoms with van der Waals surface area (Å²) in [6, 6.07) is 7.79. The van der Waals surface area contributed by atoms with Crippen LogP contribution in [0.5, 0.6) is 0 Å². The molecule has 2 fully saturated rings. The molecule has 1 N–H and O–H groups in total. The molecule has 20 heavy (non-hydrogen) atoms. The van der Waals surface area contributed by atoms with E-state index in [1.54, 1.807) is 0 Å². The number of amides is 1. The molecule has 0 radical (unpaired) electrons. The molecule has 2 saturated carbocycles. The van der Waals surface area contributed by atoms with E-state index in [-0.39, 0.29) is 12.2 Å². The molecule has 1 aromatic carbocycles. The number of hydrogen-bond acceptors (Lipinski definition) is 2. The molecule has 0 aromatic heterocycles. The van der Waals surface area contributed by atoms with Crippen molar-refractivity contribution < 1.29 is 9.53 Å². The van der Waals surface area contributed by atoms with Gasteiger partial charge in [-0.25, -0.2) is 4.79 Å². The van der Waals surface area contributed by atoms with Crippen molar-refractivity contribution in [2.45, 2.75) is 58.0 Å². The average molecular weight is 273 g/mol. The summed E-state index contributed by atoms with van der Waals surface area (Å²) >= 11 is 0. The van der Waals surface area contributed by atoms with Crippen molar-refractivity contribution >= 4 is 11.8 Å². The van der Waals surface area contributed by atoms with Crippen LogP contribution >= 0.6 is 0 Å². The largest absolute Gasteiger partial charge is 0.445 e. The van der Waals surface area contributed by atoms with E-state index in [0.717, 1.165) is 17.7 Å². The average Bonchev–Trinajstić information content (AvgIpc) is 2.47. The van der Waals surface area contributed by atoms with Gasteiger partial charge in [0.2, 0.25) is 0 Å². The lowest BCUT2D eigenvalue weighted by molar-refractivity contribution is -0.0890. The Morgan fingerprint density at radius 1 is 1.20 bits per heavy atom. The normalized spacial score (nSPS) is 23.9. The van der Waals surface area contributed by atoms with Crippen molar-refractivity contribution in [3.8, 4) is 0 Å². The van der Waals surface area contributed by atoms with Gasteiger partial charge in [-0.05, 0) is 44.2 Å². The van der Waals surface area contributed by atoms with Crippen LogP contribution in [0, 0.1) is 12.3 Å². The summed E-state index contributed by atoms with van der Waals surface area (Å²) in [6.45, 7) is 1.99. The predicted octanol–water partition coefficient (Wildman–Crippen LogP) is 4.66. The van der Waals surface area contributed by atoms with Crippen LogP contribution in [0.1, 0.15) is 50.5 Å². The van der Waals surface area contributed by atoms with Gasteiger partial charge in [-0.1, -0.05) is 37.5 Å². The van der Waals surface area contributed by atoms with Gasteiger partial charge in [0.15, 0.2) is 0 Å². The van der Waals surface area contributed by atoms with E-state index < -0.39 is 0 Å². The van der Waals surface area contributed by atoms with Crippen LogP contribution in [-0.4, -0.2) is 12.2 Å². The highest BCUT2D eigenvalue weighted by atomic mass is 16.6. The first-order valence-corrected chi connectivity index (χ1v) is 7.73. The number of ether oxygens (including phenoxy) is 1. The number of rotatable bonds is 2. The fourth-order valence-electron chi connectivity index (χ4n) is 3.66. The lowest BCUT2D eigenvalue weighted by atomic mass is 9.58. The molecule has 3 heteroatoms. The minimum atomic E-state index is -0.297. The van der Waals surface area contributed by atoms with Gasteiger partial charge in [0.05, 0.1) is 0 Å². The predicted molar refractivity (Wildman–Crippen MR) is 79.8 cm³/mol. The monoisotopic (exact) mass is 273 g/mol. The maximum Gasteiger partial charge on any atom is 0.411 e. The molecule has 1 aromatic rings. The Morgan fingerprint density at radius 2 is 1.95 bits per heavy atom.